The van der Waals surface area contributed by atoms with Crippen LogP contribution in [0.15, 0.2) is 0 Å². The summed E-state index contributed by atoms with van der Waals surface area (Å²) in [6.07, 6.45) is -5.26. The second-order valence-electron chi connectivity index (χ2n) is 3.28. The smallest absolute Gasteiger partial charge is 0.471 e. The molecule has 0 rings (SSSR count). The number of nitrogens with one attached hydrogen (secondary N) is 1. The SMILES string of the molecule is N[C@@H](CO)C(=O)OC[C@H](NC(=O)C(F)(F)F)C(=O)O. The Balaban J connectivity index is 4.49. The van der Waals surface area contributed by atoms with E-state index in [9.17, 15) is 27.6 Å². The van der Waals surface area contributed by atoms with E-state index in [0.717, 1.165) is 5.32 Å². The molecule has 0 aromatic rings. The van der Waals surface area contributed by atoms with E-state index in [2.05, 4.69) is 4.74 Å². The van der Waals surface area contributed by atoms with Crippen LogP contribution in [0, 0.1) is 0 Å². The molecule has 0 saturated heterocycles. The van der Waals surface area contributed by atoms with E-state index in [1.807, 2.05) is 0 Å². The third kappa shape index (κ3) is 6.01. The Labute approximate surface area is 104 Å². The van der Waals surface area contributed by atoms with Crippen molar-refractivity contribution in [3.05, 3.63) is 0 Å². The fourth-order valence-corrected chi connectivity index (χ4v) is 0.762. The molecule has 0 aliphatic carbocycles. The van der Waals surface area contributed by atoms with Crippen molar-refractivity contribution in [2.75, 3.05) is 13.2 Å². The maximum absolute atomic E-state index is 11.9. The van der Waals surface area contributed by atoms with Gasteiger partial charge in [0.2, 0.25) is 0 Å². The van der Waals surface area contributed by atoms with E-state index in [0.29, 0.717) is 0 Å². The molecule has 11 heteroatoms. The molecule has 0 aliphatic rings. The Bertz CT molecular complexity index is 359. The molecule has 0 spiro atoms. The highest BCUT2D eigenvalue weighted by Gasteiger charge is 2.41. The van der Waals surface area contributed by atoms with Gasteiger partial charge in [-0.25, -0.2) is 4.79 Å². The number of aliphatic carboxylic acids is 1. The van der Waals surface area contributed by atoms with Crippen LogP contribution < -0.4 is 11.1 Å². The highest BCUT2D eigenvalue weighted by molar-refractivity contribution is 5.87. The molecule has 0 aliphatic heterocycles. The van der Waals surface area contributed by atoms with Crippen molar-refractivity contribution in [3.8, 4) is 0 Å². The van der Waals surface area contributed by atoms with Crippen LogP contribution in [0.25, 0.3) is 0 Å². The third-order valence-electron chi connectivity index (χ3n) is 1.75. The van der Waals surface area contributed by atoms with Gasteiger partial charge in [-0.3, -0.25) is 9.59 Å². The summed E-state index contributed by atoms with van der Waals surface area (Å²) in [5, 5.41) is 18.1. The molecule has 2 atom stereocenters. The first-order chi connectivity index (χ1) is 8.59. The standard InChI is InChI=1S/C8H11F3N2O6/c9-8(10,11)7(18)13-4(5(15)16)2-19-6(17)3(12)1-14/h3-4,14H,1-2,12H2,(H,13,18)(H,15,16)/t3-,4-/m0/s1. The minimum Gasteiger partial charge on any atom is -0.480 e. The number of nitrogens with two attached hydrogens (primary N) is 1. The van der Waals surface area contributed by atoms with Crippen LogP contribution in [0.3, 0.4) is 0 Å². The van der Waals surface area contributed by atoms with E-state index in [4.69, 9.17) is 15.9 Å². The zero-order valence-electron chi connectivity index (χ0n) is 9.31. The van der Waals surface area contributed by atoms with Gasteiger partial charge in [0, 0.05) is 0 Å². The Morgan fingerprint density at radius 3 is 2.21 bits per heavy atom. The van der Waals surface area contributed by atoms with Gasteiger partial charge in [0.1, 0.15) is 12.6 Å². The van der Waals surface area contributed by atoms with Gasteiger partial charge in [0.05, 0.1) is 6.61 Å². The van der Waals surface area contributed by atoms with Crippen LogP contribution in [-0.2, 0) is 19.1 Å². The minimum absolute atomic E-state index is 0.786. The number of hydrogen-bond donors (Lipinski definition) is 4. The van der Waals surface area contributed by atoms with Crippen LogP contribution >= 0.6 is 0 Å². The number of aliphatic hydroxyl groups excluding tert-OH is 1. The number of hydrogen-bond acceptors (Lipinski definition) is 6. The summed E-state index contributed by atoms with van der Waals surface area (Å²) in [7, 11) is 0. The summed E-state index contributed by atoms with van der Waals surface area (Å²) in [5.41, 5.74) is 5.01. The first kappa shape index (κ1) is 17.1. The molecule has 0 radical (unpaired) electrons. The monoisotopic (exact) mass is 288 g/mol. The van der Waals surface area contributed by atoms with Crippen molar-refractivity contribution in [1.29, 1.82) is 0 Å². The average molecular weight is 288 g/mol. The summed E-state index contributed by atoms with van der Waals surface area (Å²) >= 11 is 0. The van der Waals surface area contributed by atoms with Gasteiger partial charge >= 0.3 is 24.0 Å². The Morgan fingerprint density at radius 2 is 1.84 bits per heavy atom. The van der Waals surface area contributed by atoms with Crippen molar-refractivity contribution in [2.24, 2.45) is 5.73 Å². The summed E-state index contributed by atoms with van der Waals surface area (Å²) < 4.78 is 39.9. The fourth-order valence-electron chi connectivity index (χ4n) is 0.762. The van der Waals surface area contributed by atoms with Crippen molar-refractivity contribution in [1.82, 2.24) is 5.32 Å². The van der Waals surface area contributed by atoms with Crippen LogP contribution in [0.1, 0.15) is 0 Å². The maximum atomic E-state index is 11.9. The largest absolute Gasteiger partial charge is 0.480 e. The van der Waals surface area contributed by atoms with E-state index >= 15 is 0 Å². The highest BCUT2D eigenvalue weighted by atomic mass is 19.4. The molecule has 0 aromatic carbocycles. The van der Waals surface area contributed by atoms with Gasteiger partial charge in [-0.05, 0) is 0 Å². The Hall–Kier alpha value is -1.88. The normalized spacial score (nSPS) is 14.4. The quantitative estimate of drug-likeness (QED) is 0.414. The molecular formula is C8H11F3N2O6. The summed E-state index contributed by atoms with van der Waals surface area (Å²) in [6, 6.07) is -3.53. The number of ether oxygens (including phenoxy) is 1. The van der Waals surface area contributed by atoms with Crippen LogP contribution in [0.4, 0.5) is 13.2 Å². The van der Waals surface area contributed by atoms with Crippen molar-refractivity contribution < 1.29 is 42.5 Å². The number of carbonyl (C=O) groups excluding carboxylic acids is 2. The predicted octanol–water partition coefficient (Wildman–Crippen LogP) is -2.02. The molecule has 19 heavy (non-hydrogen) atoms. The van der Waals surface area contributed by atoms with Crippen LogP contribution in [0.2, 0.25) is 0 Å². The molecule has 0 saturated carbocycles. The molecule has 0 aromatic heterocycles. The summed E-state index contributed by atoms with van der Waals surface area (Å²) in [5.74, 6) is -5.53. The average Bonchev–Trinajstić information content (AvgIpc) is 2.30. The number of alkyl halides is 3. The lowest BCUT2D eigenvalue weighted by Gasteiger charge is -2.16. The van der Waals surface area contributed by atoms with Gasteiger partial charge in [-0.2, -0.15) is 13.2 Å². The Kier molecular flexibility index (Phi) is 6.21. The topological polar surface area (TPSA) is 139 Å². The number of carboxylic acid groups (broad SMARTS) is 1. The van der Waals surface area contributed by atoms with Gasteiger partial charge in [-0.1, -0.05) is 0 Å². The number of aliphatic hydroxyl groups is 1. The zero-order chi connectivity index (χ0) is 15.2. The third-order valence-corrected chi connectivity index (χ3v) is 1.75. The fraction of sp³-hybridized carbons (Fsp3) is 0.625. The lowest BCUT2D eigenvalue weighted by molar-refractivity contribution is -0.176. The second-order valence-corrected chi connectivity index (χ2v) is 3.28. The zero-order valence-corrected chi connectivity index (χ0v) is 9.31. The first-order valence-electron chi connectivity index (χ1n) is 4.73. The molecule has 0 fully saturated rings. The number of esters is 1. The number of amides is 1. The van der Waals surface area contributed by atoms with Crippen LogP contribution in [0.5, 0.6) is 0 Å². The minimum atomic E-state index is -5.26. The lowest BCUT2D eigenvalue weighted by atomic mass is 10.3. The molecule has 0 bridgehead atoms. The maximum Gasteiger partial charge on any atom is 0.471 e. The first-order valence-corrected chi connectivity index (χ1v) is 4.73. The van der Waals surface area contributed by atoms with E-state index in [1.54, 1.807) is 0 Å². The molecular weight excluding hydrogens is 277 g/mol. The number of rotatable bonds is 6. The molecule has 110 valence electrons. The van der Waals surface area contributed by atoms with Gasteiger partial charge < -0.3 is 26.0 Å². The number of carbonyl (C=O) groups is 3. The molecule has 5 N–H and O–H groups in total. The summed E-state index contributed by atoms with van der Waals surface area (Å²) in [4.78, 5) is 32.0. The van der Waals surface area contributed by atoms with E-state index < -0.39 is 49.3 Å². The highest BCUT2D eigenvalue weighted by Crippen LogP contribution is 2.14. The predicted molar refractivity (Wildman–Crippen MR) is 51.6 cm³/mol. The molecule has 0 unspecified atom stereocenters. The molecule has 8 nitrogen and oxygen atoms in total. The van der Waals surface area contributed by atoms with E-state index in [-0.39, 0.29) is 0 Å². The lowest BCUT2D eigenvalue weighted by Crippen LogP contribution is -2.50. The molecule has 0 heterocycles. The Morgan fingerprint density at radius 1 is 1.32 bits per heavy atom. The van der Waals surface area contributed by atoms with Crippen LogP contribution in [-0.4, -0.2) is 59.5 Å². The number of carboxylic acids is 1. The van der Waals surface area contributed by atoms with Gasteiger partial charge in [-0.15, -0.1) is 0 Å². The van der Waals surface area contributed by atoms with Gasteiger partial charge in [0.15, 0.2) is 6.04 Å². The van der Waals surface area contributed by atoms with Crippen molar-refractivity contribution in [3.63, 3.8) is 0 Å². The number of halogens is 3. The molecule has 1 amide bonds. The van der Waals surface area contributed by atoms with Gasteiger partial charge in [0.25, 0.3) is 0 Å². The van der Waals surface area contributed by atoms with E-state index in [1.165, 1.54) is 0 Å². The summed E-state index contributed by atoms with van der Waals surface area (Å²) in [6.45, 7) is -1.84. The second kappa shape index (κ2) is 6.89. The van der Waals surface area contributed by atoms with Crippen molar-refractivity contribution in [2.45, 2.75) is 18.3 Å². The van der Waals surface area contributed by atoms with Crippen molar-refractivity contribution >= 4 is 17.8 Å².